The van der Waals surface area contributed by atoms with Crippen LogP contribution in [0.5, 0.6) is 5.75 Å². The third-order valence-corrected chi connectivity index (χ3v) is 3.06. The van der Waals surface area contributed by atoms with Crippen LogP contribution in [0.2, 0.25) is 0 Å². The number of benzene rings is 1. The summed E-state index contributed by atoms with van der Waals surface area (Å²) in [6.07, 6.45) is 2.01. The zero-order chi connectivity index (χ0) is 10.8. The fourth-order valence-corrected chi connectivity index (χ4v) is 2.16. The fraction of sp³-hybridized carbons (Fsp3) is 0.364. The second kappa shape index (κ2) is 4.14. The van der Waals surface area contributed by atoms with Crippen LogP contribution in [0, 0.1) is 0 Å². The zero-order valence-corrected chi connectivity index (χ0v) is 9.89. The van der Waals surface area contributed by atoms with Crippen molar-refractivity contribution in [3.05, 3.63) is 23.8 Å². The topological polar surface area (TPSA) is 33.6 Å². The highest BCUT2D eigenvalue weighted by atomic mass is 32.2. The molecule has 0 saturated carbocycles. The molecule has 0 aromatic heterocycles. The Morgan fingerprint density at radius 3 is 2.93 bits per heavy atom. The van der Waals surface area contributed by atoms with E-state index in [1.807, 2.05) is 18.4 Å². The van der Waals surface area contributed by atoms with Gasteiger partial charge in [-0.05, 0) is 19.2 Å². The summed E-state index contributed by atoms with van der Waals surface area (Å²) in [5.74, 6) is 0.876. The Labute approximate surface area is 93.9 Å². The van der Waals surface area contributed by atoms with E-state index in [4.69, 9.17) is 4.74 Å². The highest BCUT2D eigenvalue weighted by molar-refractivity contribution is 8.13. The molecule has 3 nitrogen and oxygen atoms in total. The first kappa shape index (κ1) is 10.4. The lowest BCUT2D eigenvalue weighted by atomic mass is 10.0. The largest absolute Gasteiger partial charge is 0.495 e. The number of methoxy groups -OCH3 is 1. The summed E-state index contributed by atoms with van der Waals surface area (Å²) < 4.78 is 5.33. The predicted molar refractivity (Wildman–Crippen MR) is 66.0 cm³/mol. The van der Waals surface area contributed by atoms with Gasteiger partial charge >= 0.3 is 0 Å². The minimum Gasteiger partial charge on any atom is -0.495 e. The maximum absolute atomic E-state index is 5.33. The standard InChI is InChI=1S/C11H14N2OS/c1-7-8-5-4-6-9(14-2)10(8)13-11(12-7)15-3/h4-7H,1-3H3,(H,12,13). The summed E-state index contributed by atoms with van der Waals surface area (Å²) in [6, 6.07) is 6.23. The lowest BCUT2D eigenvalue weighted by Crippen LogP contribution is -2.17. The number of hydrogen-bond acceptors (Lipinski definition) is 4. The molecule has 4 heteroatoms. The number of ether oxygens (including phenoxy) is 1. The van der Waals surface area contributed by atoms with E-state index in [-0.39, 0.29) is 6.04 Å². The average Bonchev–Trinajstić information content (AvgIpc) is 2.28. The molecule has 15 heavy (non-hydrogen) atoms. The molecule has 0 fully saturated rings. The molecule has 1 aliphatic heterocycles. The number of anilines is 1. The van der Waals surface area contributed by atoms with Crippen molar-refractivity contribution in [1.29, 1.82) is 0 Å². The number of aliphatic imine (C=N–C) groups is 1. The van der Waals surface area contributed by atoms with Gasteiger partial charge in [-0.2, -0.15) is 0 Å². The van der Waals surface area contributed by atoms with Crippen molar-refractivity contribution in [3.8, 4) is 5.75 Å². The number of amidine groups is 1. The number of para-hydroxylation sites is 1. The number of thioether (sulfide) groups is 1. The monoisotopic (exact) mass is 222 g/mol. The fourth-order valence-electron chi connectivity index (χ4n) is 1.69. The van der Waals surface area contributed by atoms with Crippen LogP contribution in [-0.4, -0.2) is 18.5 Å². The molecule has 1 N–H and O–H groups in total. The molecular weight excluding hydrogens is 208 g/mol. The SMILES string of the molecule is COc1cccc2c1NC(SC)=NC2C. The third-order valence-electron chi connectivity index (χ3n) is 2.46. The van der Waals surface area contributed by atoms with Gasteiger partial charge in [0.2, 0.25) is 0 Å². The minimum absolute atomic E-state index is 0.193. The lowest BCUT2D eigenvalue weighted by molar-refractivity contribution is 0.416. The number of nitrogens with zero attached hydrogens (tertiary/aromatic N) is 1. The normalized spacial score (nSPS) is 18.9. The summed E-state index contributed by atoms with van der Waals surface area (Å²) in [7, 11) is 1.69. The van der Waals surface area contributed by atoms with Crippen LogP contribution in [0.15, 0.2) is 23.2 Å². The number of nitrogens with one attached hydrogen (secondary N) is 1. The molecule has 0 amide bonds. The summed E-state index contributed by atoms with van der Waals surface area (Å²) >= 11 is 1.62. The number of fused-ring (bicyclic) bond motifs is 1. The van der Waals surface area contributed by atoms with Gasteiger partial charge in [-0.1, -0.05) is 23.9 Å². The van der Waals surface area contributed by atoms with Gasteiger partial charge in [0.25, 0.3) is 0 Å². The van der Waals surface area contributed by atoms with Crippen molar-refractivity contribution in [1.82, 2.24) is 0 Å². The quantitative estimate of drug-likeness (QED) is 0.793. The molecule has 80 valence electrons. The van der Waals surface area contributed by atoms with Crippen molar-refractivity contribution in [2.75, 3.05) is 18.7 Å². The van der Waals surface area contributed by atoms with Gasteiger partial charge in [-0.3, -0.25) is 4.99 Å². The highest BCUT2D eigenvalue weighted by Crippen LogP contribution is 2.37. The highest BCUT2D eigenvalue weighted by Gasteiger charge is 2.20. The second-order valence-electron chi connectivity index (χ2n) is 3.36. The summed E-state index contributed by atoms with van der Waals surface area (Å²) in [6.45, 7) is 2.09. The maximum atomic E-state index is 5.33. The van der Waals surface area contributed by atoms with Crippen LogP contribution in [0.25, 0.3) is 0 Å². The molecule has 1 atom stereocenters. The Morgan fingerprint density at radius 1 is 1.47 bits per heavy atom. The van der Waals surface area contributed by atoms with Crippen LogP contribution in [-0.2, 0) is 0 Å². The van der Waals surface area contributed by atoms with Gasteiger partial charge in [-0.15, -0.1) is 0 Å². The van der Waals surface area contributed by atoms with Crippen LogP contribution in [0.4, 0.5) is 5.69 Å². The Kier molecular flexibility index (Phi) is 2.86. The Balaban J connectivity index is 2.47. The predicted octanol–water partition coefficient (Wildman–Crippen LogP) is 2.90. The van der Waals surface area contributed by atoms with Crippen molar-refractivity contribution in [2.45, 2.75) is 13.0 Å². The summed E-state index contributed by atoms with van der Waals surface area (Å²) in [5.41, 5.74) is 2.24. The molecule has 0 aliphatic carbocycles. The Hall–Kier alpha value is -1.16. The molecule has 1 aromatic rings. The summed E-state index contributed by atoms with van der Waals surface area (Å²) in [5, 5.41) is 4.23. The van der Waals surface area contributed by atoms with Crippen molar-refractivity contribution in [2.24, 2.45) is 4.99 Å². The van der Waals surface area contributed by atoms with E-state index in [0.29, 0.717) is 0 Å². The molecule has 1 heterocycles. The zero-order valence-electron chi connectivity index (χ0n) is 9.07. The van der Waals surface area contributed by atoms with Gasteiger partial charge in [0.05, 0.1) is 18.8 Å². The van der Waals surface area contributed by atoms with Crippen molar-refractivity contribution >= 4 is 22.6 Å². The molecule has 1 unspecified atom stereocenters. The Bertz CT molecular complexity index is 404. The average molecular weight is 222 g/mol. The van der Waals surface area contributed by atoms with E-state index in [2.05, 4.69) is 23.3 Å². The molecule has 0 bridgehead atoms. The van der Waals surface area contributed by atoms with E-state index in [1.54, 1.807) is 18.9 Å². The first-order chi connectivity index (χ1) is 7.26. The van der Waals surface area contributed by atoms with Gasteiger partial charge in [-0.25, -0.2) is 0 Å². The molecule has 0 spiro atoms. The van der Waals surface area contributed by atoms with E-state index < -0.39 is 0 Å². The summed E-state index contributed by atoms with van der Waals surface area (Å²) in [4.78, 5) is 4.53. The molecule has 0 radical (unpaired) electrons. The minimum atomic E-state index is 0.193. The van der Waals surface area contributed by atoms with E-state index >= 15 is 0 Å². The van der Waals surface area contributed by atoms with Gasteiger partial charge in [0, 0.05) is 5.56 Å². The van der Waals surface area contributed by atoms with E-state index in [9.17, 15) is 0 Å². The van der Waals surface area contributed by atoms with E-state index in [0.717, 1.165) is 16.6 Å². The van der Waals surface area contributed by atoms with Gasteiger partial charge in [0.15, 0.2) is 5.17 Å². The third kappa shape index (κ3) is 1.81. The van der Waals surface area contributed by atoms with Crippen LogP contribution < -0.4 is 10.1 Å². The lowest BCUT2D eigenvalue weighted by Gasteiger charge is -2.23. The van der Waals surface area contributed by atoms with E-state index in [1.165, 1.54) is 5.56 Å². The first-order valence-electron chi connectivity index (χ1n) is 4.82. The molecule has 0 saturated heterocycles. The molecule has 1 aromatic carbocycles. The van der Waals surface area contributed by atoms with Crippen LogP contribution >= 0.6 is 11.8 Å². The molecule has 2 rings (SSSR count). The number of hydrogen-bond donors (Lipinski definition) is 1. The van der Waals surface area contributed by atoms with Crippen molar-refractivity contribution in [3.63, 3.8) is 0 Å². The van der Waals surface area contributed by atoms with Crippen LogP contribution in [0.3, 0.4) is 0 Å². The second-order valence-corrected chi connectivity index (χ2v) is 4.16. The maximum Gasteiger partial charge on any atom is 0.161 e. The Morgan fingerprint density at radius 2 is 2.27 bits per heavy atom. The van der Waals surface area contributed by atoms with Gasteiger partial charge < -0.3 is 10.1 Å². The van der Waals surface area contributed by atoms with Crippen LogP contribution in [0.1, 0.15) is 18.5 Å². The van der Waals surface area contributed by atoms with Gasteiger partial charge in [0.1, 0.15) is 5.75 Å². The van der Waals surface area contributed by atoms with Crippen molar-refractivity contribution < 1.29 is 4.74 Å². The smallest absolute Gasteiger partial charge is 0.161 e. The first-order valence-corrected chi connectivity index (χ1v) is 6.04. The molecule has 1 aliphatic rings. The number of rotatable bonds is 1. The molecular formula is C11H14N2OS.